The summed E-state index contributed by atoms with van der Waals surface area (Å²) in [5.74, 6) is -0.153. The summed E-state index contributed by atoms with van der Waals surface area (Å²) in [6.07, 6.45) is 0.801. The van der Waals surface area contributed by atoms with Gasteiger partial charge in [0.05, 0.1) is 30.3 Å². The molecular weight excluding hydrogens is 418 g/mol. The second-order valence-electron chi connectivity index (χ2n) is 8.62. The van der Waals surface area contributed by atoms with Crippen LogP contribution in [0.25, 0.3) is 11.0 Å². The van der Waals surface area contributed by atoms with Crippen molar-refractivity contribution in [1.29, 1.82) is 0 Å². The molecule has 7 heteroatoms. The maximum Gasteiger partial charge on any atom is 0.321 e. The van der Waals surface area contributed by atoms with E-state index >= 15 is 0 Å². The highest BCUT2D eigenvalue weighted by molar-refractivity contribution is 6.08. The summed E-state index contributed by atoms with van der Waals surface area (Å²) < 4.78 is 13.1. The lowest BCUT2D eigenvalue weighted by Gasteiger charge is -2.38. The van der Waals surface area contributed by atoms with Crippen LogP contribution in [0.4, 0.5) is 5.95 Å². The van der Waals surface area contributed by atoms with Crippen molar-refractivity contribution < 1.29 is 19.1 Å². The van der Waals surface area contributed by atoms with E-state index in [-0.39, 0.29) is 12.5 Å². The monoisotopic (exact) mass is 449 g/mol. The van der Waals surface area contributed by atoms with Crippen LogP contribution >= 0.6 is 0 Å². The molecular formula is C26H31N3O4. The normalized spacial score (nSPS) is 18.0. The minimum absolute atomic E-state index is 0.206. The molecule has 0 saturated carbocycles. The minimum Gasteiger partial charge on any atom is -0.494 e. The number of hydrogen-bond donors (Lipinski definition) is 0. The maximum atomic E-state index is 13.8. The molecule has 0 saturated heterocycles. The van der Waals surface area contributed by atoms with Crippen LogP contribution in [0.3, 0.4) is 0 Å². The van der Waals surface area contributed by atoms with Gasteiger partial charge in [-0.1, -0.05) is 38.1 Å². The second kappa shape index (κ2) is 9.65. The van der Waals surface area contributed by atoms with E-state index in [1.165, 1.54) is 0 Å². The van der Waals surface area contributed by atoms with Gasteiger partial charge < -0.3 is 14.0 Å². The Morgan fingerprint density at radius 1 is 1.09 bits per heavy atom. The average molecular weight is 450 g/mol. The molecule has 1 aliphatic heterocycles. The van der Waals surface area contributed by atoms with E-state index in [2.05, 4.69) is 13.8 Å². The van der Waals surface area contributed by atoms with Crippen LogP contribution in [0.2, 0.25) is 0 Å². The Bertz CT molecular complexity index is 1150. The van der Waals surface area contributed by atoms with Gasteiger partial charge in [0.15, 0.2) is 5.92 Å². The smallest absolute Gasteiger partial charge is 0.321 e. The predicted molar refractivity (Wildman–Crippen MR) is 127 cm³/mol. The van der Waals surface area contributed by atoms with Gasteiger partial charge in [0.2, 0.25) is 11.9 Å². The van der Waals surface area contributed by atoms with Gasteiger partial charge in [-0.05, 0) is 56.0 Å². The summed E-state index contributed by atoms with van der Waals surface area (Å²) in [6.45, 7) is 9.12. The molecule has 3 aromatic rings. The fourth-order valence-corrected chi connectivity index (χ4v) is 4.40. The van der Waals surface area contributed by atoms with Crippen molar-refractivity contribution in [1.82, 2.24) is 9.55 Å². The number of hydrogen-bond acceptors (Lipinski definition) is 5. The van der Waals surface area contributed by atoms with Gasteiger partial charge in [0.1, 0.15) is 5.75 Å². The molecule has 0 fully saturated rings. The predicted octanol–water partition coefficient (Wildman–Crippen LogP) is 4.60. The molecule has 174 valence electrons. The third-order valence-electron chi connectivity index (χ3n) is 5.93. The lowest BCUT2D eigenvalue weighted by molar-refractivity contribution is -0.153. The van der Waals surface area contributed by atoms with Crippen LogP contribution in [-0.2, 0) is 14.3 Å². The number of para-hydroxylation sites is 2. The summed E-state index contributed by atoms with van der Waals surface area (Å²) in [5.41, 5.74) is 2.46. The van der Waals surface area contributed by atoms with Crippen molar-refractivity contribution in [2.24, 2.45) is 11.8 Å². The number of imidazole rings is 1. The topological polar surface area (TPSA) is 73.7 Å². The van der Waals surface area contributed by atoms with Gasteiger partial charge in [-0.3, -0.25) is 14.5 Å². The first-order valence-corrected chi connectivity index (χ1v) is 11.6. The second-order valence-corrected chi connectivity index (χ2v) is 8.62. The van der Waals surface area contributed by atoms with E-state index < -0.39 is 17.9 Å². The number of benzene rings is 2. The van der Waals surface area contributed by atoms with Crippen molar-refractivity contribution in [3.8, 4) is 5.75 Å². The number of ether oxygens (including phenoxy) is 2. The van der Waals surface area contributed by atoms with Crippen LogP contribution < -0.4 is 9.64 Å². The third kappa shape index (κ3) is 4.32. The van der Waals surface area contributed by atoms with Crippen molar-refractivity contribution in [3.05, 3.63) is 54.1 Å². The van der Waals surface area contributed by atoms with Crippen LogP contribution in [0.5, 0.6) is 5.75 Å². The number of carbonyl (C=O) groups excluding carboxylic acids is 2. The van der Waals surface area contributed by atoms with Crippen LogP contribution in [0.15, 0.2) is 48.5 Å². The molecule has 0 unspecified atom stereocenters. The number of rotatable bonds is 8. The van der Waals surface area contributed by atoms with Gasteiger partial charge in [-0.15, -0.1) is 0 Å². The summed E-state index contributed by atoms with van der Waals surface area (Å²) in [5, 5.41) is 0. The van der Waals surface area contributed by atoms with E-state index in [0.717, 1.165) is 23.0 Å². The van der Waals surface area contributed by atoms with Crippen molar-refractivity contribution in [2.45, 2.75) is 40.2 Å². The molecule has 0 aliphatic carbocycles. The largest absolute Gasteiger partial charge is 0.494 e. The molecule has 0 radical (unpaired) electrons. The van der Waals surface area contributed by atoms with Crippen LogP contribution in [0, 0.1) is 11.8 Å². The lowest BCUT2D eigenvalue weighted by atomic mass is 9.89. The summed E-state index contributed by atoms with van der Waals surface area (Å²) in [6, 6.07) is 14.8. The Labute approximate surface area is 194 Å². The number of fused-ring (bicyclic) bond motifs is 3. The highest BCUT2D eigenvalue weighted by atomic mass is 16.5. The van der Waals surface area contributed by atoms with Crippen molar-refractivity contribution >= 4 is 28.9 Å². The Morgan fingerprint density at radius 2 is 1.88 bits per heavy atom. The zero-order valence-corrected chi connectivity index (χ0v) is 19.7. The molecule has 33 heavy (non-hydrogen) atoms. The highest BCUT2D eigenvalue weighted by Gasteiger charge is 2.47. The molecule has 1 amide bonds. The zero-order valence-electron chi connectivity index (χ0n) is 19.7. The van der Waals surface area contributed by atoms with Crippen LogP contribution in [-0.4, -0.2) is 41.2 Å². The molecule has 0 N–H and O–H groups in total. The standard InChI is InChI=1S/C26H31N3O4/c1-5-32-19-11-9-10-18(16-19)23-22(25(31)33-6-2)24(30)28(15-14-17(3)4)26-27-20-12-7-8-13-21(20)29(23)26/h7-13,16-17,22-23H,5-6,14-15H2,1-4H3/t22-,23+/m0/s1. The van der Waals surface area contributed by atoms with E-state index in [4.69, 9.17) is 14.5 Å². The zero-order chi connectivity index (χ0) is 23.5. The van der Waals surface area contributed by atoms with E-state index in [1.54, 1.807) is 11.8 Å². The average Bonchev–Trinajstić information content (AvgIpc) is 3.17. The van der Waals surface area contributed by atoms with E-state index in [1.807, 2.05) is 60.0 Å². The van der Waals surface area contributed by atoms with E-state index in [9.17, 15) is 9.59 Å². The molecule has 0 bridgehead atoms. The number of amides is 1. The molecule has 2 heterocycles. The first kappa shape index (κ1) is 22.8. The number of anilines is 1. The quantitative estimate of drug-likeness (QED) is 0.371. The van der Waals surface area contributed by atoms with Crippen LogP contribution in [0.1, 0.15) is 45.7 Å². The number of aromatic nitrogens is 2. The first-order valence-electron chi connectivity index (χ1n) is 11.6. The molecule has 2 atom stereocenters. The minimum atomic E-state index is -1.01. The third-order valence-corrected chi connectivity index (χ3v) is 5.93. The van der Waals surface area contributed by atoms with Crippen molar-refractivity contribution in [2.75, 3.05) is 24.7 Å². The molecule has 7 nitrogen and oxygen atoms in total. The number of esters is 1. The molecule has 1 aliphatic rings. The Morgan fingerprint density at radius 3 is 2.61 bits per heavy atom. The molecule has 0 spiro atoms. The first-order chi connectivity index (χ1) is 16.0. The van der Waals surface area contributed by atoms with Gasteiger partial charge in [-0.25, -0.2) is 4.98 Å². The molecule has 1 aromatic heterocycles. The van der Waals surface area contributed by atoms with Crippen molar-refractivity contribution in [3.63, 3.8) is 0 Å². The Hall–Kier alpha value is -3.35. The van der Waals surface area contributed by atoms with Gasteiger partial charge in [-0.2, -0.15) is 0 Å². The molecule has 4 rings (SSSR count). The number of nitrogens with zero attached hydrogens (tertiary/aromatic N) is 3. The summed E-state index contributed by atoms with van der Waals surface area (Å²) >= 11 is 0. The van der Waals surface area contributed by atoms with E-state index in [0.29, 0.717) is 30.8 Å². The highest BCUT2D eigenvalue weighted by Crippen LogP contribution is 2.42. The maximum absolute atomic E-state index is 13.8. The fraction of sp³-hybridized carbons (Fsp3) is 0.423. The Kier molecular flexibility index (Phi) is 6.67. The molecule has 2 aromatic carbocycles. The summed E-state index contributed by atoms with van der Waals surface area (Å²) in [7, 11) is 0. The van der Waals surface area contributed by atoms with Gasteiger partial charge >= 0.3 is 5.97 Å². The fourth-order valence-electron chi connectivity index (χ4n) is 4.40. The Balaban J connectivity index is 1.95. The SMILES string of the molecule is CCOC(=O)[C@@H]1C(=O)N(CCC(C)C)c2nc3ccccc3n2[C@@H]1c1cccc(OCC)c1. The van der Waals surface area contributed by atoms with Gasteiger partial charge in [0.25, 0.3) is 0 Å². The lowest BCUT2D eigenvalue weighted by Crippen LogP contribution is -2.50. The number of carbonyl (C=O) groups is 2. The summed E-state index contributed by atoms with van der Waals surface area (Å²) in [4.78, 5) is 33.5. The van der Waals surface area contributed by atoms with Gasteiger partial charge in [0, 0.05) is 6.54 Å².